The Morgan fingerprint density at radius 3 is 1.64 bits per heavy atom. The third-order valence-corrected chi connectivity index (χ3v) is 11.6. The van der Waals surface area contributed by atoms with Crippen molar-refractivity contribution in [3.8, 4) is 0 Å². The van der Waals surface area contributed by atoms with E-state index < -0.39 is 6.10 Å². The van der Waals surface area contributed by atoms with Crippen LogP contribution in [0.3, 0.4) is 0 Å². The van der Waals surface area contributed by atoms with Gasteiger partial charge >= 0.3 is 23.9 Å². The molecule has 4 fully saturated rings. The van der Waals surface area contributed by atoms with E-state index in [-0.39, 0.29) is 97.4 Å². The normalized spacial score (nSPS) is 37.6. The van der Waals surface area contributed by atoms with Crippen LogP contribution in [0.15, 0.2) is 47.6 Å². The van der Waals surface area contributed by atoms with Gasteiger partial charge < -0.3 is 33.5 Å². The molecule has 0 radical (unpaired) electrons. The third-order valence-electron chi connectivity index (χ3n) is 11.6. The molecule has 0 aromatic carbocycles. The van der Waals surface area contributed by atoms with Crippen LogP contribution >= 0.6 is 0 Å². The van der Waals surface area contributed by atoms with Gasteiger partial charge in [-0.15, -0.1) is 0 Å². The number of carbonyl (C=O) groups excluding carboxylic acids is 4. The summed E-state index contributed by atoms with van der Waals surface area (Å²) in [4.78, 5) is 49.4. The van der Waals surface area contributed by atoms with Gasteiger partial charge in [-0.05, 0) is 102 Å². The van der Waals surface area contributed by atoms with Crippen LogP contribution in [0.1, 0.15) is 104 Å². The topological polar surface area (TPSA) is 150 Å². The first kappa shape index (κ1) is 36.5. The van der Waals surface area contributed by atoms with E-state index in [1.165, 1.54) is 0 Å². The zero-order valence-electron chi connectivity index (χ0n) is 29.5. The SMILES string of the molecule is C=C1C(=O)O[C@H]2[C@H]1CC/C(COC(=O)CCCC(O)CCCC(=O)OC/C1=C/CC[C@@]3(C)O[C@H]3[C@H]3OC(=O)C(=C)[C@@H]3CC1)=C\CC[C@@]1(C)O[C@@H]21. The first-order valence-corrected chi connectivity index (χ1v) is 18.4. The van der Waals surface area contributed by atoms with Gasteiger partial charge in [-0.25, -0.2) is 9.59 Å². The smallest absolute Gasteiger partial charge is 0.334 e. The molecule has 11 heteroatoms. The van der Waals surface area contributed by atoms with Gasteiger partial charge in [0.2, 0.25) is 0 Å². The molecule has 4 aliphatic heterocycles. The first-order valence-electron chi connectivity index (χ1n) is 18.4. The molecule has 0 bridgehead atoms. The maximum atomic E-state index is 12.5. The minimum absolute atomic E-state index is 0.0971. The van der Waals surface area contributed by atoms with Crippen LogP contribution < -0.4 is 0 Å². The highest BCUT2D eigenvalue weighted by Crippen LogP contribution is 2.51. The molecule has 50 heavy (non-hydrogen) atoms. The minimum atomic E-state index is -0.628. The van der Waals surface area contributed by atoms with E-state index in [1.54, 1.807) is 0 Å². The quantitative estimate of drug-likeness (QED) is 0.0933. The number of fused-ring (bicyclic) bond motifs is 6. The van der Waals surface area contributed by atoms with Crippen LogP contribution in [0, 0.1) is 11.8 Å². The molecular weight excluding hydrogens is 644 g/mol. The van der Waals surface area contributed by atoms with Crippen molar-refractivity contribution >= 4 is 23.9 Å². The maximum absolute atomic E-state index is 12.5. The summed E-state index contributed by atoms with van der Waals surface area (Å²) in [7, 11) is 0. The lowest BCUT2D eigenvalue weighted by molar-refractivity contribution is -0.143. The summed E-state index contributed by atoms with van der Waals surface area (Å²) in [5, 5.41) is 10.5. The highest BCUT2D eigenvalue weighted by molar-refractivity contribution is 5.91. The van der Waals surface area contributed by atoms with E-state index in [2.05, 4.69) is 25.3 Å². The summed E-state index contributed by atoms with van der Waals surface area (Å²) in [6.07, 6.45) is 10.9. The summed E-state index contributed by atoms with van der Waals surface area (Å²) in [6.45, 7) is 12.4. The number of ether oxygens (including phenoxy) is 6. The zero-order chi connectivity index (χ0) is 35.6. The Labute approximate surface area is 294 Å². The second-order valence-corrected chi connectivity index (χ2v) is 15.3. The summed E-state index contributed by atoms with van der Waals surface area (Å²) >= 11 is 0. The van der Waals surface area contributed by atoms with E-state index in [1.807, 2.05) is 13.8 Å². The van der Waals surface area contributed by atoms with Crippen LogP contribution in [0.5, 0.6) is 0 Å². The Hall–Kier alpha value is -3.28. The molecule has 0 unspecified atom stereocenters. The average molecular weight is 697 g/mol. The molecule has 1 N–H and O–H groups in total. The van der Waals surface area contributed by atoms with Crippen molar-refractivity contribution < 1.29 is 52.7 Å². The second-order valence-electron chi connectivity index (χ2n) is 15.3. The summed E-state index contributed by atoms with van der Waals surface area (Å²) in [5.41, 5.74) is 2.36. The number of hydrogen-bond acceptors (Lipinski definition) is 11. The number of esters is 4. The molecule has 0 aromatic rings. The molecule has 274 valence electrons. The molecule has 4 heterocycles. The predicted octanol–water partition coefficient (Wildman–Crippen LogP) is 5.29. The minimum Gasteiger partial charge on any atom is -0.461 e. The molecule has 8 atom stereocenters. The summed E-state index contributed by atoms with van der Waals surface area (Å²) < 4.78 is 34.3. The van der Waals surface area contributed by atoms with E-state index in [0.717, 1.165) is 36.8 Å². The number of rotatable bonds is 12. The van der Waals surface area contributed by atoms with Gasteiger partial charge in [-0.1, -0.05) is 25.3 Å². The van der Waals surface area contributed by atoms with Crippen LogP contribution in [-0.4, -0.2) is 83.9 Å². The van der Waals surface area contributed by atoms with Crippen molar-refractivity contribution in [3.05, 3.63) is 47.6 Å². The predicted molar refractivity (Wildman–Crippen MR) is 180 cm³/mol. The van der Waals surface area contributed by atoms with Gasteiger partial charge in [0.05, 0.1) is 17.3 Å². The van der Waals surface area contributed by atoms with Gasteiger partial charge in [-0.3, -0.25) is 9.59 Å². The van der Waals surface area contributed by atoms with E-state index in [4.69, 9.17) is 28.4 Å². The molecule has 6 aliphatic rings. The van der Waals surface area contributed by atoms with Gasteiger partial charge in [0, 0.05) is 35.8 Å². The van der Waals surface area contributed by atoms with Gasteiger partial charge in [0.25, 0.3) is 0 Å². The second kappa shape index (κ2) is 15.1. The standard InChI is InChI=1S/C39H52O11/c1-23-28-17-15-25(9-7-19-38(3)34(49-38)32(28)47-36(23)43)21-45-30(41)13-5-11-27(40)12-6-14-31(42)46-22-26-10-8-20-39(4)35(50-39)33-29(18-16-26)24(2)37(44)48-33/h9-10,27-29,32-35,40H,1-2,5-8,11-22H2,3-4H3/b25-9+,26-10+/t28-,29-,32-,33-,34-,35-,38+,39+/m0/s1. The maximum Gasteiger partial charge on any atom is 0.334 e. The van der Waals surface area contributed by atoms with Crippen molar-refractivity contribution in [2.45, 2.75) is 145 Å². The Morgan fingerprint density at radius 1 is 0.800 bits per heavy atom. The highest BCUT2D eigenvalue weighted by atomic mass is 16.7. The first-order chi connectivity index (χ1) is 23.9. The van der Waals surface area contributed by atoms with Crippen LogP contribution in [0.25, 0.3) is 0 Å². The molecule has 4 saturated heterocycles. The average Bonchev–Trinajstić information content (AvgIpc) is 3.89. The van der Waals surface area contributed by atoms with Crippen LogP contribution in [0.4, 0.5) is 0 Å². The fourth-order valence-electron chi connectivity index (χ4n) is 8.10. The van der Waals surface area contributed by atoms with Gasteiger partial charge in [-0.2, -0.15) is 0 Å². The Balaban J connectivity index is 0.849. The fourth-order valence-corrected chi connectivity index (χ4v) is 8.10. The van der Waals surface area contributed by atoms with E-state index >= 15 is 0 Å². The molecule has 0 saturated carbocycles. The van der Waals surface area contributed by atoms with Crippen molar-refractivity contribution in [1.82, 2.24) is 0 Å². The third kappa shape index (κ3) is 8.43. The molecule has 2 aliphatic carbocycles. The number of epoxide rings is 2. The fraction of sp³-hybridized carbons (Fsp3) is 0.692. The van der Waals surface area contributed by atoms with Gasteiger partial charge in [0.15, 0.2) is 0 Å². The number of allylic oxidation sites excluding steroid dienone is 2. The molecule has 0 amide bonds. The monoisotopic (exact) mass is 696 g/mol. The summed E-state index contributed by atoms with van der Waals surface area (Å²) in [6, 6.07) is 0. The van der Waals surface area contributed by atoms with E-state index in [0.29, 0.717) is 62.5 Å². The highest BCUT2D eigenvalue weighted by Gasteiger charge is 2.62. The van der Waals surface area contributed by atoms with Crippen LogP contribution in [0.2, 0.25) is 0 Å². The lowest BCUT2D eigenvalue weighted by Crippen LogP contribution is -2.29. The number of aliphatic hydroxyl groups excluding tert-OH is 1. The molecule has 0 spiro atoms. The molecular formula is C39H52O11. The van der Waals surface area contributed by atoms with Gasteiger partial charge in [0.1, 0.15) is 37.6 Å². The molecule has 0 aromatic heterocycles. The summed E-state index contributed by atoms with van der Waals surface area (Å²) in [5.74, 6) is -1.56. The number of carbonyl (C=O) groups is 4. The number of aliphatic hydroxyl groups is 1. The largest absolute Gasteiger partial charge is 0.461 e. The van der Waals surface area contributed by atoms with Crippen molar-refractivity contribution in [2.75, 3.05) is 13.2 Å². The molecule has 6 rings (SSSR count). The van der Waals surface area contributed by atoms with E-state index in [9.17, 15) is 24.3 Å². The Morgan fingerprint density at radius 2 is 1.22 bits per heavy atom. The van der Waals surface area contributed by atoms with Crippen molar-refractivity contribution in [1.29, 1.82) is 0 Å². The van der Waals surface area contributed by atoms with Crippen molar-refractivity contribution in [3.63, 3.8) is 0 Å². The molecule has 11 nitrogen and oxygen atoms in total. The Kier molecular flexibility index (Phi) is 11.1. The number of hydrogen-bond donors (Lipinski definition) is 1. The lowest BCUT2D eigenvalue weighted by atomic mass is 9.84. The van der Waals surface area contributed by atoms with Crippen LogP contribution in [-0.2, 0) is 47.6 Å². The zero-order valence-corrected chi connectivity index (χ0v) is 29.5. The lowest BCUT2D eigenvalue weighted by Gasteiger charge is -2.20. The van der Waals surface area contributed by atoms with Crippen molar-refractivity contribution in [2.24, 2.45) is 11.8 Å². The Bertz CT molecular complexity index is 1340.